The molecule has 154 valence electrons. The Kier molecular flexibility index (Phi) is 7.32. The largest absolute Gasteiger partial charge is 0.371 e. The van der Waals surface area contributed by atoms with Gasteiger partial charge < -0.3 is 20.9 Å². The van der Waals surface area contributed by atoms with Crippen LogP contribution in [0.1, 0.15) is 23.2 Å². The first-order chi connectivity index (χ1) is 14.1. The van der Waals surface area contributed by atoms with Gasteiger partial charge in [0.2, 0.25) is 0 Å². The summed E-state index contributed by atoms with van der Waals surface area (Å²) in [5, 5.41) is 3.11. The molecule has 0 spiro atoms. The van der Waals surface area contributed by atoms with Crippen LogP contribution < -0.4 is 11.1 Å². The molecular weight excluding hydrogens is 364 g/mol. The first-order valence-corrected chi connectivity index (χ1v) is 10.1. The second-order valence-electron chi connectivity index (χ2n) is 7.40. The molecule has 29 heavy (non-hydrogen) atoms. The number of carbonyl (C=O) groups is 1. The van der Waals surface area contributed by atoms with E-state index in [0.717, 1.165) is 50.3 Å². The highest BCUT2D eigenvalue weighted by Crippen LogP contribution is 2.16. The summed E-state index contributed by atoms with van der Waals surface area (Å²) in [5.41, 5.74) is 8.01. The molecule has 2 heterocycles. The number of nitrogens with one attached hydrogen (secondary N) is 1. The summed E-state index contributed by atoms with van der Waals surface area (Å²) in [7, 11) is 2.12. The van der Waals surface area contributed by atoms with E-state index >= 15 is 0 Å². The molecule has 1 aromatic heterocycles. The van der Waals surface area contributed by atoms with Gasteiger partial charge in [0.25, 0.3) is 5.91 Å². The number of hydrogen-bond donors (Lipinski definition) is 2. The van der Waals surface area contributed by atoms with Crippen LogP contribution in [0.4, 0.5) is 0 Å². The lowest BCUT2D eigenvalue weighted by Crippen LogP contribution is -2.48. The Balaban J connectivity index is 1.66. The highest BCUT2D eigenvalue weighted by Gasteiger charge is 2.23. The summed E-state index contributed by atoms with van der Waals surface area (Å²) < 4.78 is 0. The van der Waals surface area contributed by atoms with E-state index in [9.17, 15) is 4.79 Å². The molecule has 1 aliphatic rings. The van der Waals surface area contributed by atoms with Crippen LogP contribution in [-0.4, -0.2) is 71.5 Å². The van der Waals surface area contributed by atoms with E-state index < -0.39 is 0 Å². The third-order valence-electron chi connectivity index (χ3n) is 5.26. The average Bonchev–Trinajstić information content (AvgIpc) is 2.77. The molecule has 0 bridgehead atoms. The summed E-state index contributed by atoms with van der Waals surface area (Å²) in [6, 6.07) is 9.55. The van der Waals surface area contributed by atoms with E-state index in [0.29, 0.717) is 17.9 Å². The number of amides is 1. The van der Waals surface area contributed by atoms with Gasteiger partial charge in [-0.25, -0.2) is 9.97 Å². The van der Waals surface area contributed by atoms with E-state index in [1.165, 1.54) is 0 Å². The van der Waals surface area contributed by atoms with Crippen molar-refractivity contribution in [1.29, 1.82) is 0 Å². The highest BCUT2D eigenvalue weighted by atomic mass is 16.1. The monoisotopic (exact) mass is 394 g/mol. The summed E-state index contributed by atoms with van der Waals surface area (Å²) in [6.45, 7) is 8.67. The van der Waals surface area contributed by atoms with Gasteiger partial charge in [-0.3, -0.25) is 4.79 Å². The van der Waals surface area contributed by atoms with Gasteiger partial charge in [0.15, 0.2) is 5.82 Å². The van der Waals surface area contributed by atoms with Crippen molar-refractivity contribution in [3.8, 4) is 11.4 Å². The van der Waals surface area contributed by atoms with Crippen molar-refractivity contribution in [2.75, 3.05) is 39.8 Å². The topological polar surface area (TPSA) is 87.4 Å². The Labute approximate surface area is 172 Å². The molecule has 3 rings (SSSR count). The molecule has 1 saturated heterocycles. The van der Waals surface area contributed by atoms with Gasteiger partial charge in [-0.1, -0.05) is 36.9 Å². The predicted molar refractivity (Wildman–Crippen MR) is 115 cm³/mol. The fourth-order valence-electron chi connectivity index (χ4n) is 3.38. The zero-order chi connectivity index (χ0) is 20.6. The van der Waals surface area contributed by atoms with Crippen LogP contribution >= 0.6 is 0 Å². The number of hydrogen-bond acceptors (Lipinski definition) is 6. The van der Waals surface area contributed by atoms with E-state index in [4.69, 9.17) is 5.73 Å². The van der Waals surface area contributed by atoms with Crippen LogP contribution in [0.2, 0.25) is 0 Å². The zero-order valence-electron chi connectivity index (χ0n) is 17.1. The standard InChI is InChI=1S/C22H30N6O/c1-17(28-13-11-27(2)12-14-28)20(9-6-10-23)26-22(29)19-15-24-21(25-16-19)18-7-4-3-5-8-18/h3-5,7-8,15-16,20H,1,6,9-14,23H2,2H3,(H,26,29)/t20-/m0/s1. The molecule has 0 radical (unpaired) electrons. The number of likely N-dealkylation sites (N-methyl/N-ethyl adjacent to an activating group) is 1. The van der Waals surface area contributed by atoms with Gasteiger partial charge in [0.1, 0.15) is 0 Å². The van der Waals surface area contributed by atoms with Crippen LogP contribution in [0.5, 0.6) is 0 Å². The van der Waals surface area contributed by atoms with Gasteiger partial charge in [-0.15, -0.1) is 0 Å². The molecule has 1 fully saturated rings. The molecule has 0 saturated carbocycles. The highest BCUT2D eigenvalue weighted by molar-refractivity contribution is 5.94. The van der Waals surface area contributed by atoms with Crippen molar-refractivity contribution in [2.45, 2.75) is 18.9 Å². The van der Waals surface area contributed by atoms with Crippen molar-refractivity contribution in [3.05, 3.63) is 60.6 Å². The number of benzene rings is 1. The Morgan fingerprint density at radius 3 is 2.45 bits per heavy atom. The minimum absolute atomic E-state index is 0.150. The lowest BCUT2D eigenvalue weighted by atomic mass is 10.1. The molecule has 2 aromatic rings. The van der Waals surface area contributed by atoms with Gasteiger partial charge in [-0.2, -0.15) is 0 Å². The van der Waals surface area contributed by atoms with Crippen molar-refractivity contribution in [1.82, 2.24) is 25.1 Å². The normalized spacial score (nSPS) is 15.7. The van der Waals surface area contributed by atoms with E-state index in [1.54, 1.807) is 12.4 Å². The second kappa shape index (κ2) is 10.1. The fraction of sp³-hybridized carbons (Fsp3) is 0.409. The minimum atomic E-state index is -0.193. The Morgan fingerprint density at radius 1 is 1.17 bits per heavy atom. The van der Waals surface area contributed by atoms with Gasteiger partial charge >= 0.3 is 0 Å². The minimum Gasteiger partial charge on any atom is -0.371 e. The summed E-state index contributed by atoms with van der Waals surface area (Å²) >= 11 is 0. The number of piperazine rings is 1. The third-order valence-corrected chi connectivity index (χ3v) is 5.26. The third kappa shape index (κ3) is 5.62. The molecule has 1 atom stereocenters. The number of carbonyl (C=O) groups excluding carboxylic acids is 1. The molecule has 0 aliphatic carbocycles. The average molecular weight is 395 g/mol. The van der Waals surface area contributed by atoms with Gasteiger partial charge in [0, 0.05) is 49.8 Å². The maximum atomic E-state index is 12.8. The summed E-state index contributed by atoms with van der Waals surface area (Å²) in [4.78, 5) is 26.1. The van der Waals surface area contributed by atoms with Gasteiger partial charge in [0.05, 0.1) is 11.6 Å². The Morgan fingerprint density at radius 2 is 1.83 bits per heavy atom. The smallest absolute Gasteiger partial charge is 0.254 e. The second-order valence-corrected chi connectivity index (χ2v) is 7.40. The van der Waals surface area contributed by atoms with Crippen molar-refractivity contribution in [3.63, 3.8) is 0 Å². The summed E-state index contributed by atoms with van der Waals surface area (Å²) in [6.07, 6.45) is 4.73. The van der Waals surface area contributed by atoms with Crippen LogP contribution in [0.15, 0.2) is 55.0 Å². The molecule has 1 aromatic carbocycles. The van der Waals surface area contributed by atoms with E-state index in [2.05, 4.69) is 38.7 Å². The Bertz CT molecular complexity index is 800. The Hall–Kier alpha value is -2.77. The molecule has 3 N–H and O–H groups in total. The lowest BCUT2D eigenvalue weighted by molar-refractivity contribution is 0.0928. The number of nitrogens with zero attached hydrogens (tertiary/aromatic N) is 4. The van der Waals surface area contributed by atoms with Gasteiger partial charge in [-0.05, 0) is 26.4 Å². The summed E-state index contributed by atoms with van der Waals surface area (Å²) in [5.74, 6) is 0.408. The molecular formula is C22H30N6O. The molecule has 0 unspecified atom stereocenters. The predicted octanol–water partition coefficient (Wildman–Crippen LogP) is 1.74. The van der Waals surface area contributed by atoms with Crippen LogP contribution in [0.25, 0.3) is 11.4 Å². The molecule has 7 nitrogen and oxygen atoms in total. The maximum absolute atomic E-state index is 12.8. The molecule has 1 aliphatic heterocycles. The maximum Gasteiger partial charge on any atom is 0.254 e. The number of rotatable bonds is 8. The number of aromatic nitrogens is 2. The van der Waals surface area contributed by atoms with E-state index in [-0.39, 0.29) is 11.9 Å². The quantitative estimate of drug-likeness (QED) is 0.709. The first-order valence-electron chi connectivity index (χ1n) is 10.1. The van der Waals surface area contributed by atoms with Crippen molar-refractivity contribution in [2.24, 2.45) is 5.73 Å². The van der Waals surface area contributed by atoms with Crippen LogP contribution in [0.3, 0.4) is 0 Å². The van der Waals surface area contributed by atoms with Crippen LogP contribution in [0, 0.1) is 0 Å². The molecule has 1 amide bonds. The zero-order valence-corrected chi connectivity index (χ0v) is 17.1. The SMILES string of the molecule is C=C([C@H](CCCN)NC(=O)c1cnc(-c2ccccc2)nc1)N1CCN(C)CC1. The lowest BCUT2D eigenvalue weighted by Gasteiger charge is -2.38. The number of nitrogens with two attached hydrogens (primary N) is 1. The van der Waals surface area contributed by atoms with E-state index in [1.807, 2.05) is 30.3 Å². The van der Waals surface area contributed by atoms with Crippen molar-refractivity contribution < 1.29 is 4.79 Å². The molecule has 7 heteroatoms. The first kappa shape index (κ1) is 21.0. The van der Waals surface area contributed by atoms with Crippen molar-refractivity contribution >= 4 is 5.91 Å². The van der Waals surface area contributed by atoms with Crippen LogP contribution in [-0.2, 0) is 0 Å². The fourth-order valence-corrected chi connectivity index (χ4v) is 3.38.